The predicted octanol–water partition coefficient (Wildman–Crippen LogP) is 6.04. The molecule has 5 aliphatic carbocycles. The summed E-state index contributed by atoms with van der Waals surface area (Å²) in [4.78, 5) is 21.0. The van der Waals surface area contributed by atoms with E-state index in [2.05, 4.69) is 36.2 Å². The number of aliphatic imine (C=N–C) groups is 1. The van der Waals surface area contributed by atoms with Crippen LogP contribution in [-0.2, 0) is 4.79 Å². The Morgan fingerprint density at radius 3 is 2.28 bits per heavy atom. The second-order valence-electron chi connectivity index (χ2n) is 11.7. The zero-order chi connectivity index (χ0) is 21.9. The van der Waals surface area contributed by atoms with E-state index in [1.54, 1.807) is 0 Å². The zero-order valence-electron chi connectivity index (χ0n) is 19.6. The molecule has 0 spiro atoms. The van der Waals surface area contributed by atoms with Crippen molar-refractivity contribution in [3.8, 4) is 0 Å². The van der Waals surface area contributed by atoms with Gasteiger partial charge in [-0.15, -0.1) is 0 Å². The Morgan fingerprint density at radius 1 is 1.09 bits per heavy atom. The standard InChI is InChI=1S/C27H37N3OS/c1-17(2)21-3-5-22(6-4-21)28-25(31)12-24-16-32-26(30(24)23-7-8-23)29-27-13-18-9-19(14-27)11-20(10-18)15-27/h3-6,17-20,23-24H,7-16H2,1-2H3,(H,28,31). The van der Waals surface area contributed by atoms with E-state index < -0.39 is 0 Å². The molecule has 6 fully saturated rings. The van der Waals surface area contributed by atoms with E-state index in [9.17, 15) is 4.79 Å². The molecule has 1 atom stereocenters. The lowest BCUT2D eigenvalue weighted by atomic mass is 9.53. The van der Waals surface area contributed by atoms with Crippen LogP contribution in [0.1, 0.15) is 83.1 Å². The molecule has 4 bridgehead atoms. The largest absolute Gasteiger partial charge is 0.344 e. The van der Waals surface area contributed by atoms with Gasteiger partial charge in [-0.05, 0) is 92.7 Å². The summed E-state index contributed by atoms with van der Waals surface area (Å²) in [5, 5.41) is 4.41. The van der Waals surface area contributed by atoms with Crippen molar-refractivity contribution in [1.29, 1.82) is 0 Å². The van der Waals surface area contributed by atoms with Crippen molar-refractivity contribution in [1.82, 2.24) is 4.90 Å². The van der Waals surface area contributed by atoms with Gasteiger partial charge in [0.25, 0.3) is 0 Å². The maximum Gasteiger partial charge on any atom is 0.226 e. The van der Waals surface area contributed by atoms with E-state index in [0.29, 0.717) is 18.4 Å². The van der Waals surface area contributed by atoms with Crippen LogP contribution in [-0.4, -0.2) is 39.4 Å². The zero-order valence-corrected chi connectivity index (χ0v) is 20.4. The van der Waals surface area contributed by atoms with E-state index in [4.69, 9.17) is 4.99 Å². The fraction of sp³-hybridized carbons (Fsp3) is 0.704. The Labute approximate surface area is 197 Å². The molecule has 1 aromatic carbocycles. The van der Waals surface area contributed by atoms with Crippen LogP contribution < -0.4 is 5.32 Å². The van der Waals surface area contributed by atoms with Gasteiger partial charge in [0.15, 0.2) is 5.17 Å². The second-order valence-corrected chi connectivity index (χ2v) is 12.7. The molecule has 1 N–H and O–H groups in total. The summed E-state index contributed by atoms with van der Waals surface area (Å²) in [7, 11) is 0. The summed E-state index contributed by atoms with van der Waals surface area (Å²) in [6, 6.07) is 9.22. The van der Waals surface area contributed by atoms with Gasteiger partial charge in [0.2, 0.25) is 5.91 Å². The molecular formula is C27H37N3OS. The maximum atomic E-state index is 12.9. The number of benzene rings is 1. The number of nitrogens with zero attached hydrogens (tertiary/aromatic N) is 2. The second kappa shape index (κ2) is 8.07. The molecule has 5 heteroatoms. The Balaban J connectivity index is 1.14. The summed E-state index contributed by atoms with van der Waals surface area (Å²) < 4.78 is 0. The lowest BCUT2D eigenvalue weighted by Gasteiger charge is -2.55. The molecule has 7 rings (SSSR count). The van der Waals surface area contributed by atoms with Crippen LogP contribution in [0.4, 0.5) is 5.69 Å². The van der Waals surface area contributed by atoms with Crippen molar-refractivity contribution >= 4 is 28.5 Å². The van der Waals surface area contributed by atoms with Crippen molar-refractivity contribution < 1.29 is 4.79 Å². The first-order valence-electron chi connectivity index (χ1n) is 12.9. The molecule has 1 aromatic rings. The van der Waals surface area contributed by atoms with E-state index in [1.807, 2.05) is 23.9 Å². The topological polar surface area (TPSA) is 44.7 Å². The first kappa shape index (κ1) is 21.1. The summed E-state index contributed by atoms with van der Waals surface area (Å²) >= 11 is 1.93. The Kier molecular flexibility index (Phi) is 5.32. The molecule has 1 saturated heterocycles. The first-order valence-corrected chi connectivity index (χ1v) is 13.9. The molecular weight excluding hydrogens is 414 g/mol. The Bertz CT molecular complexity index is 869. The SMILES string of the molecule is CC(C)c1ccc(NC(=O)CC2CSC(=NC34CC5CC(CC(C5)C3)C4)N2C2CC2)cc1. The highest BCUT2D eigenvalue weighted by atomic mass is 32.2. The Hall–Kier alpha value is -1.49. The molecule has 1 amide bonds. The highest BCUT2D eigenvalue weighted by molar-refractivity contribution is 8.14. The quantitative estimate of drug-likeness (QED) is 0.573. The number of anilines is 1. The van der Waals surface area contributed by atoms with Crippen molar-refractivity contribution in [3.63, 3.8) is 0 Å². The van der Waals surface area contributed by atoms with Crippen LogP contribution in [0, 0.1) is 17.8 Å². The third kappa shape index (κ3) is 4.10. The van der Waals surface area contributed by atoms with E-state index in [0.717, 1.165) is 29.2 Å². The van der Waals surface area contributed by atoms with Crippen LogP contribution in [0.3, 0.4) is 0 Å². The fourth-order valence-electron chi connectivity index (χ4n) is 7.32. The minimum Gasteiger partial charge on any atom is -0.344 e. The summed E-state index contributed by atoms with van der Waals surface area (Å²) in [5.41, 5.74) is 2.44. The third-order valence-electron chi connectivity index (χ3n) is 8.58. The first-order chi connectivity index (χ1) is 15.5. The van der Waals surface area contributed by atoms with Crippen LogP contribution in [0.25, 0.3) is 0 Å². The number of nitrogens with one attached hydrogen (secondary N) is 1. The van der Waals surface area contributed by atoms with Gasteiger partial charge in [0, 0.05) is 29.9 Å². The highest BCUT2D eigenvalue weighted by Gasteiger charge is 2.52. The van der Waals surface area contributed by atoms with Gasteiger partial charge in [-0.1, -0.05) is 37.7 Å². The number of thioether (sulfide) groups is 1. The smallest absolute Gasteiger partial charge is 0.226 e. The van der Waals surface area contributed by atoms with Crippen LogP contribution in [0.15, 0.2) is 29.3 Å². The molecule has 0 radical (unpaired) electrons. The number of hydrogen-bond donors (Lipinski definition) is 1. The van der Waals surface area contributed by atoms with Gasteiger partial charge in [-0.3, -0.25) is 9.79 Å². The van der Waals surface area contributed by atoms with Gasteiger partial charge in [0.05, 0.1) is 5.54 Å². The van der Waals surface area contributed by atoms with E-state index in [-0.39, 0.29) is 17.5 Å². The Morgan fingerprint density at radius 2 is 1.72 bits per heavy atom. The molecule has 6 aliphatic rings. The molecule has 1 heterocycles. The van der Waals surface area contributed by atoms with Crippen molar-refractivity contribution in [3.05, 3.63) is 29.8 Å². The summed E-state index contributed by atoms with van der Waals surface area (Å²) in [6.07, 6.45) is 11.4. The molecule has 0 aromatic heterocycles. The molecule has 1 aliphatic heterocycles. The minimum absolute atomic E-state index is 0.134. The molecule has 5 saturated carbocycles. The normalized spacial score (nSPS) is 37.0. The molecule has 4 nitrogen and oxygen atoms in total. The van der Waals surface area contributed by atoms with Gasteiger partial charge in [-0.25, -0.2) is 0 Å². The predicted molar refractivity (Wildman–Crippen MR) is 133 cm³/mol. The lowest BCUT2D eigenvalue weighted by molar-refractivity contribution is -0.116. The van der Waals surface area contributed by atoms with Gasteiger partial charge >= 0.3 is 0 Å². The molecule has 172 valence electrons. The summed E-state index contributed by atoms with van der Waals surface area (Å²) in [6.45, 7) is 4.39. The van der Waals surface area contributed by atoms with Crippen LogP contribution in [0.5, 0.6) is 0 Å². The number of amidine groups is 1. The average molecular weight is 452 g/mol. The summed E-state index contributed by atoms with van der Waals surface area (Å²) in [5.74, 6) is 4.42. The molecule has 1 unspecified atom stereocenters. The monoisotopic (exact) mass is 451 g/mol. The minimum atomic E-state index is 0.134. The van der Waals surface area contributed by atoms with E-state index in [1.165, 1.54) is 62.1 Å². The number of amides is 1. The fourth-order valence-corrected chi connectivity index (χ4v) is 8.64. The van der Waals surface area contributed by atoms with Crippen molar-refractivity contribution in [2.24, 2.45) is 22.7 Å². The highest BCUT2D eigenvalue weighted by Crippen LogP contribution is 2.57. The van der Waals surface area contributed by atoms with Gasteiger partial charge in [-0.2, -0.15) is 0 Å². The van der Waals surface area contributed by atoms with Crippen LogP contribution in [0.2, 0.25) is 0 Å². The average Bonchev–Trinajstić information content (AvgIpc) is 3.49. The molecule has 32 heavy (non-hydrogen) atoms. The maximum absolute atomic E-state index is 12.9. The van der Waals surface area contributed by atoms with Crippen molar-refractivity contribution in [2.75, 3.05) is 11.1 Å². The number of hydrogen-bond acceptors (Lipinski definition) is 3. The number of rotatable bonds is 6. The number of carbonyl (C=O) groups is 1. The van der Waals surface area contributed by atoms with Gasteiger partial charge in [0.1, 0.15) is 0 Å². The third-order valence-corrected chi connectivity index (χ3v) is 9.69. The number of carbonyl (C=O) groups excluding carboxylic acids is 1. The van der Waals surface area contributed by atoms with Gasteiger partial charge < -0.3 is 10.2 Å². The van der Waals surface area contributed by atoms with Crippen LogP contribution >= 0.6 is 11.8 Å². The van der Waals surface area contributed by atoms with Crippen molar-refractivity contribution in [2.45, 2.75) is 95.2 Å². The van der Waals surface area contributed by atoms with E-state index >= 15 is 0 Å². The lowest BCUT2D eigenvalue weighted by Crippen LogP contribution is -2.50.